The largest absolute Gasteiger partial charge is 0.271 e. The average molecular weight is 243 g/mol. The minimum absolute atomic E-state index is 0. The third kappa shape index (κ3) is 2.98. The molecule has 80 valence electrons. The second-order valence-corrected chi connectivity index (χ2v) is 3.43. The molecule has 0 saturated carbocycles. The number of rotatable bonds is 3. The number of hydrogen-bond acceptors (Lipinski definition) is 1. The van der Waals surface area contributed by atoms with Crippen molar-refractivity contribution >= 4 is 24.0 Å². The summed E-state index contributed by atoms with van der Waals surface area (Å²) in [5.41, 5.74) is 2.32. The smallest absolute Gasteiger partial charge is 0.0568 e. The van der Waals surface area contributed by atoms with Crippen LogP contribution in [0.5, 0.6) is 0 Å². The molecule has 0 bridgehead atoms. The van der Waals surface area contributed by atoms with Gasteiger partial charge in [-0.15, -0.1) is 24.0 Å². The first kappa shape index (κ1) is 12.1. The van der Waals surface area contributed by atoms with Crippen molar-refractivity contribution < 1.29 is 0 Å². The van der Waals surface area contributed by atoms with Crippen molar-refractivity contribution in [3.63, 3.8) is 0 Å². The summed E-state index contributed by atoms with van der Waals surface area (Å²) in [6, 6.07) is 10.2. The summed E-state index contributed by atoms with van der Waals surface area (Å²) in [4.78, 5) is 0. The minimum Gasteiger partial charge on any atom is -0.271 e. The van der Waals surface area contributed by atoms with Crippen LogP contribution in [0.15, 0.2) is 42.7 Å². The summed E-state index contributed by atoms with van der Waals surface area (Å²) < 4.78 is 1.86. The Morgan fingerprint density at radius 1 is 1.13 bits per heavy atom. The Labute approximate surface area is 100 Å². The van der Waals surface area contributed by atoms with Crippen molar-refractivity contribution in [3.05, 3.63) is 42.7 Å². The van der Waals surface area contributed by atoms with Gasteiger partial charge in [0.25, 0.3) is 0 Å². The van der Waals surface area contributed by atoms with Gasteiger partial charge in [-0.25, -0.2) is 0 Å². The van der Waals surface area contributed by atoms with E-state index in [1.807, 2.05) is 35.3 Å². The maximum atomic E-state index is 5.63. The maximum Gasteiger partial charge on any atom is 0.0568 e. The highest BCUT2D eigenvalue weighted by molar-refractivity contribution is 6.17. The van der Waals surface area contributed by atoms with E-state index in [1.165, 1.54) is 5.56 Å². The quantitative estimate of drug-likeness (QED) is 0.757. The van der Waals surface area contributed by atoms with Crippen molar-refractivity contribution in [1.29, 1.82) is 0 Å². The molecule has 15 heavy (non-hydrogen) atoms. The first-order valence-corrected chi connectivity index (χ1v) is 5.07. The average Bonchev–Trinajstić information content (AvgIpc) is 2.68. The molecule has 0 aliphatic rings. The third-order valence-electron chi connectivity index (χ3n) is 2.05. The third-order valence-corrected chi connectivity index (χ3v) is 2.22. The summed E-state index contributed by atoms with van der Waals surface area (Å²) >= 11 is 5.63. The molecule has 0 atom stereocenters. The summed E-state index contributed by atoms with van der Waals surface area (Å²) in [6.45, 7) is 0.758. The molecule has 1 aromatic carbocycles. The Bertz CT molecular complexity index is 398. The molecule has 0 fully saturated rings. The zero-order valence-electron chi connectivity index (χ0n) is 8.14. The monoisotopic (exact) mass is 242 g/mol. The molecular formula is C11H12Cl2N2. The van der Waals surface area contributed by atoms with Gasteiger partial charge in [0.05, 0.1) is 12.7 Å². The van der Waals surface area contributed by atoms with Crippen LogP contribution in [0, 0.1) is 0 Å². The molecule has 0 amide bonds. The maximum absolute atomic E-state index is 5.63. The number of halogens is 2. The van der Waals surface area contributed by atoms with E-state index in [0.29, 0.717) is 5.88 Å². The number of aryl methyl sites for hydroxylation is 1. The van der Waals surface area contributed by atoms with Crippen molar-refractivity contribution in [2.45, 2.75) is 6.54 Å². The molecule has 1 aromatic heterocycles. The van der Waals surface area contributed by atoms with Gasteiger partial charge >= 0.3 is 0 Å². The molecule has 2 nitrogen and oxygen atoms in total. The normalized spacial score (nSPS) is 9.67. The van der Waals surface area contributed by atoms with Crippen molar-refractivity contribution in [1.82, 2.24) is 9.78 Å². The zero-order chi connectivity index (χ0) is 9.80. The first-order valence-electron chi connectivity index (χ1n) is 4.54. The summed E-state index contributed by atoms with van der Waals surface area (Å²) in [5, 5.41) is 4.21. The Balaban J connectivity index is 0.00000112. The van der Waals surface area contributed by atoms with Crippen LogP contribution in [-0.4, -0.2) is 15.7 Å². The van der Waals surface area contributed by atoms with Crippen LogP contribution >= 0.6 is 24.0 Å². The molecule has 2 rings (SSSR count). The van der Waals surface area contributed by atoms with Crippen LogP contribution in [-0.2, 0) is 6.54 Å². The van der Waals surface area contributed by atoms with Gasteiger partial charge in [0.2, 0.25) is 0 Å². The van der Waals surface area contributed by atoms with Gasteiger partial charge in [-0.3, -0.25) is 4.68 Å². The van der Waals surface area contributed by atoms with Crippen LogP contribution in [0.4, 0.5) is 0 Å². The number of nitrogens with zero attached hydrogens (tertiary/aromatic N) is 2. The van der Waals surface area contributed by atoms with Crippen LogP contribution in [0.2, 0.25) is 0 Å². The topological polar surface area (TPSA) is 17.8 Å². The van der Waals surface area contributed by atoms with Gasteiger partial charge in [-0.2, -0.15) is 5.10 Å². The second-order valence-electron chi connectivity index (χ2n) is 3.05. The molecule has 4 heteroatoms. The summed E-state index contributed by atoms with van der Waals surface area (Å²) in [5.74, 6) is 0.593. The van der Waals surface area contributed by atoms with Crippen molar-refractivity contribution in [2.24, 2.45) is 0 Å². The van der Waals surface area contributed by atoms with E-state index < -0.39 is 0 Å². The van der Waals surface area contributed by atoms with E-state index in [-0.39, 0.29) is 12.4 Å². The summed E-state index contributed by atoms with van der Waals surface area (Å²) in [6.07, 6.45) is 3.87. The van der Waals surface area contributed by atoms with Crippen LogP contribution in [0.1, 0.15) is 0 Å². The molecule has 0 radical (unpaired) electrons. The van der Waals surface area contributed by atoms with E-state index in [2.05, 4.69) is 17.2 Å². The van der Waals surface area contributed by atoms with E-state index in [4.69, 9.17) is 11.6 Å². The fourth-order valence-electron chi connectivity index (χ4n) is 1.35. The molecule has 0 N–H and O–H groups in total. The lowest BCUT2D eigenvalue weighted by atomic mass is 10.1. The molecule has 1 heterocycles. The fourth-order valence-corrected chi connectivity index (χ4v) is 1.53. The zero-order valence-corrected chi connectivity index (χ0v) is 9.71. The van der Waals surface area contributed by atoms with Crippen LogP contribution < -0.4 is 0 Å². The van der Waals surface area contributed by atoms with Gasteiger partial charge in [-0.1, -0.05) is 30.3 Å². The second kappa shape index (κ2) is 5.79. The van der Waals surface area contributed by atoms with E-state index in [1.54, 1.807) is 0 Å². The molecule has 0 aliphatic carbocycles. The molecule has 2 aromatic rings. The van der Waals surface area contributed by atoms with Gasteiger partial charge in [0, 0.05) is 17.6 Å². The number of alkyl halides is 1. The highest BCUT2D eigenvalue weighted by Crippen LogP contribution is 2.17. The predicted molar refractivity (Wildman–Crippen MR) is 65.6 cm³/mol. The number of aromatic nitrogens is 2. The molecular weight excluding hydrogens is 231 g/mol. The lowest BCUT2D eigenvalue weighted by Crippen LogP contribution is -1.98. The highest BCUT2D eigenvalue weighted by atomic mass is 35.5. The van der Waals surface area contributed by atoms with Gasteiger partial charge < -0.3 is 0 Å². The van der Waals surface area contributed by atoms with Crippen LogP contribution in [0.25, 0.3) is 11.1 Å². The lowest BCUT2D eigenvalue weighted by molar-refractivity contribution is 0.664. The Morgan fingerprint density at radius 2 is 1.87 bits per heavy atom. The van der Waals surface area contributed by atoms with Gasteiger partial charge in [-0.05, 0) is 5.56 Å². The molecule has 0 spiro atoms. The Kier molecular flexibility index (Phi) is 4.66. The van der Waals surface area contributed by atoms with E-state index >= 15 is 0 Å². The molecule has 0 saturated heterocycles. The summed E-state index contributed by atoms with van der Waals surface area (Å²) in [7, 11) is 0. The van der Waals surface area contributed by atoms with Crippen molar-refractivity contribution in [2.75, 3.05) is 5.88 Å². The fraction of sp³-hybridized carbons (Fsp3) is 0.182. The molecule has 0 unspecified atom stereocenters. The predicted octanol–water partition coefficient (Wildman–Crippen LogP) is 3.21. The Hall–Kier alpha value is -0.990. The highest BCUT2D eigenvalue weighted by Gasteiger charge is 1.99. The Morgan fingerprint density at radius 3 is 2.53 bits per heavy atom. The first-order chi connectivity index (χ1) is 6.90. The van der Waals surface area contributed by atoms with Crippen molar-refractivity contribution in [3.8, 4) is 11.1 Å². The van der Waals surface area contributed by atoms with E-state index in [9.17, 15) is 0 Å². The van der Waals surface area contributed by atoms with Gasteiger partial charge in [0.1, 0.15) is 0 Å². The molecule has 0 aliphatic heterocycles. The lowest BCUT2D eigenvalue weighted by Gasteiger charge is -1.95. The van der Waals surface area contributed by atoms with E-state index in [0.717, 1.165) is 12.1 Å². The standard InChI is InChI=1S/C11H11ClN2.ClH/c12-6-7-14-9-11(8-13-14)10-4-2-1-3-5-10;/h1-5,8-9H,6-7H2;1H. The minimum atomic E-state index is 0. The number of benzene rings is 1. The van der Waals surface area contributed by atoms with Gasteiger partial charge in [0.15, 0.2) is 0 Å². The SMILES string of the molecule is Cl.ClCCn1cc(-c2ccccc2)cn1. The van der Waals surface area contributed by atoms with Crippen LogP contribution in [0.3, 0.4) is 0 Å². The number of hydrogen-bond donors (Lipinski definition) is 0.